The van der Waals surface area contributed by atoms with Crippen LogP contribution in [0.1, 0.15) is 43.9 Å². The third kappa shape index (κ3) is 5.33. The summed E-state index contributed by atoms with van der Waals surface area (Å²) < 4.78 is 11.0. The maximum absolute atomic E-state index is 12.6. The van der Waals surface area contributed by atoms with Crippen molar-refractivity contribution >= 4 is 17.9 Å². The lowest BCUT2D eigenvalue weighted by Gasteiger charge is -2.24. The molecule has 1 fully saturated rings. The Hall–Kier alpha value is -3.22. The first-order valence-corrected chi connectivity index (χ1v) is 11.1. The molecule has 0 aromatic heterocycles. The predicted molar refractivity (Wildman–Crippen MR) is 122 cm³/mol. The van der Waals surface area contributed by atoms with E-state index in [1.165, 1.54) is 0 Å². The first kappa shape index (κ1) is 22.0. The first-order chi connectivity index (χ1) is 15.3. The lowest BCUT2D eigenvalue weighted by Crippen LogP contribution is -2.36. The molecule has 2 aromatic rings. The maximum Gasteiger partial charge on any atom is 0.410 e. The van der Waals surface area contributed by atoms with E-state index >= 15 is 0 Å². The first-order valence-electron chi connectivity index (χ1n) is 11.1. The fraction of sp³-hybridized carbons (Fsp3) is 0.440. The number of amides is 2. The second-order valence-corrected chi connectivity index (χ2v) is 9.40. The minimum Gasteiger partial charge on any atom is -0.445 e. The number of anilines is 1. The molecular formula is C25H31N3O4. The zero-order valence-electron chi connectivity index (χ0n) is 19.0. The molecule has 0 aliphatic carbocycles. The monoisotopic (exact) mass is 437 g/mol. The van der Waals surface area contributed by atoms with Crippen molar-refractivity contribution in [3.8, 4) is 0 Å². The van der Waals surface area contributed by atoms with Crippen LogP contribution >= 0.6 is 0 Å². The lowest BCUT2D eigenvalue weighted by molar-refractivity contribution is 0.0293. The molecule has 0 spiro atoms. The van der Waals surface area contributed by atoms with Crippen molar-refractivity contribution < 1.29 is 19.1 Å². The van der Waals surface area contributed by atoms with Gasteiger partial charge in [0.15, 0.2) is 0 Å². The SMILES string of the molecule is CC(C)(C)OC(=O)N1CC[C@H](Nc2cccc3c2CN(C(=O)OCc2ccccc2)C3)C1. The van der Waals surface area contributed by atoms with Crippen LogP contribution in [0.2, 0.25) is 0 Å². The number of hydrogen-bond donors (Lipinski definition) is 1. The highest BCUT2D eigenvalue weighted by atomic mass is 16.6. The quantitative estimate of drug-likeness (QED) is 0.747. The molecule has 2 aliphatic heterocycles. The minimum absolute atomic E-state index is 0.146. The van der Waals surface area contributed by atoms with Crippen molar-refractivity contribution in [3.63, 3.8) is 0 Å². The Morgan fingerprint density at radius 2 is 1.78 bits per heavy atom. The summed E-state index contributed by atoms with van der Waals surface area (Å²) in [4.78, 5) is 28.4. The highest BCUT2D eigenvalue weighted by Crippen LogP contribution is 2.31. The number of carbonyl (C=O) groups excluding carboxylic acids is 2. The second kappa shape index (κ2) is 9.10. The summed E-state index contributed by atoms with van der Waals surface area (Å²) >= 11 is 0. The Morgan fingerprint density at radius 3 is 2.53 bits per heavy atom. The fourth-order valence-corrected chi connectivity index (χ4v) is 4.09. The van der Waals surface area contributed by atoms with E-state index in [-0.39, 0.29) is 24.8 Å². The van der Waals surface area contributed by atoms with Crippen molar-refractivity contribution in [2.24, 2.45) is 0 Å². The molecule has 1 N–H and O–H groups in total. The van der Waals surface area contributed by atoms with E-state index in [2.05, 4.69) is 5.32 Å². The summed E-state index contributed by atoms with van der Waals surface area (Å²) in [5, 5.41) is 3.58. The van der Waals surface area contributed by atoms with Gasteiger partial charge in [0, 0.05) is 31.4 Å². The van der Waals surface area contributed by atoms with Gasteiger partial charge in [-0.1, -0.05) is 42.5 Å². The van der Waals surface area contributed by atoms with Crippen LogP contribution in [0, 0.1) is 0 Å². The summed E-state index contributed by atoms with van der Waals surface area (Å²) in [5.41, 5.74) is 3.71. The van der Waals surface area contributed by atoms with E-state index in [9.17, 15) is 9.59 Å². The molecular weight excluding hydrogens is 406 g/mol. The van der Waals surface area contributed by atoms with E-state index in [1.807, 2.05) is 69.3 Å². The van der Waals surface area contributed by atoms with Crippen LogP contribution in [-0.4, -0.2) is 46.7 Å². The number of benzene rings is 2. The molecule has 1 saturated heterocycles. The predicted octanol–water partition coefficient (Wildman–Crippen LogP) is 4.76. The van der Waals surface area contributed by atoms with Gasteiger partial charge >= 0.3 is 12.2 Å². The summed E-state index contributed by atoms with van der Waals surface area (Å²) in [6.07, 6.45) is 0.270. The average Bonchev–Trinajstić information content (AvgIpc) is 3.39. The Balaban J connectivity index is 1.33. The van der Waals surface area contributed by atoms with Crippen LogP contribution < -0.4 is 5.32 Å². The van der Waals surface area contributed by atoms with E-state index < -0.39 is 5.60 Å². The van der Waals surface area contributed by atoms with Gasteiger partial charge in [-0.25, -0.2) is 9.59 Å². The fourth-order valence-electron chi connectivity index (χ4n) is 4.09. The Labute approximate surface area is 189 Å². The summed E-state index contributed by atoms with van der Waals surface area (Å²) in [5.74, 6) is 0. The third-order valence-corrected chi connectivity index (χ3v) is 5.65. The van der Waals surface area contributed by atoms with Gasteiger partial charge in [-0.15, -0.1) is 0 Å². The second-order valence-electron chi connectivity index (χ2n) is 9.40. The van der Waals surface area contributed by atoms with Crippen LogP contribution in [0.3, 0.4) is 0 Å². The number of carbonyl (C=O) groups is 2. The zero-order valence-corrected chi connectivity index (χ0v) is 19.0. The molecule has 2 amide bonds. The molecule has 0 bridgehead atoms. The normalized spacial score (nSPS) is 17.8. The van der Waals surface area contributed by atoms with Crippen molar-refractivity contribution in [1.82, 2.24) is 9.80 Å². The largest absolute Gasteiger partial charge is 0.445 e. The summed E-state index contributed by atoms with van der Waals surface area (Å²) in [6.45, 7) is 8.20. The summed E-state index contributed by atoms with van der Waals surface area (Å²) in [7, 11) is 0. The standard InChI is InChI=1S/C25H31N3O4/c1-25(2,3)32-24(30)27-13-12-20(15-27)26-22-11-7-10-19-14-28(16-21(19)22)23(29)31-17-18-8-5-4-6-9-18/h4-11,20,26H,12-17H2,1-3H3/t20-/m0/s1. The van der Waals surface area contributed by atoms with E-state index in [4.69, 9.17) is 9.47 Å². The molecule has 0 unspecified atom stereocenters. The molecule has 0 radical (unpaired) electrons. The minimum atomic E-state index is -0.499. The van der Waals surface area contributed by atoms with Crippen molar-refractivity contribution in [1.29, 1.82) is 0 Å². The van der Waals surface area contributed by atoms with Crippen molar-refractivity contribution in [2.75, 3.05) is 18.4 Å². The van der Waals surface area contributed by atoms with Gasteiger partial charge in [0.05, 0.1) is 6.54 Å². The lowest BCUT2D eigenvalue weighted by atomic mass is 10.1. The topological polar surface area (TPSA) is 71.1 Å². The molecule has 170 valence electrons. The molecule has 2 heterocycles. The Bertz CT molecular complexity index is 971. The molecule has 0 saturated carbocycles. The molecule has 2 aromatic carbocycles. The van der Waals surface area contributed by atoms with Gasteiger partial charge in [-0.3, -0.25) is 4.90 Å². The number of likely N-dealkylation sites (tertiary alicyclic amines) is 1. The number of rotatable bonds is 4. The van der Waals surface area contributed by atoms with Crippen LogP contribution in [0.4, 0.5) is 15.3 Å². The van der Waals surface area contributed by atoms with Gasteiger partial charge in [-0.05, 0) is 49.9 Å². The van der Waals surface area contributed by atoms with Gasteiger partial charge in [-0.2, -0.15) is 0 Å². The van der Waals surface area contributed by atoms with E-state index in [1.54, 1.807) is 9.80 Å². The highest BCUT2D eigenvalue weighted by Gasteiger charge is 2.31. The highest BCUT2D eigenvalue weighted by molar-refractivity contribution is 5.71. The van der Waals surface area contributed by atoms with Crippen LogP contribution in [0.25, 0.3) is 0 Å². The number of nitrogens with one attached hydrogen (secondary N) is 1. The van der Waals surface area contributed by atoms with Crippen LogP contribution in [0.5, 0.6) is 0 Å². The number of nitrogens with zero attached hydrogens (tertiary/aromatic N) is 2. The zero-order chi connectivity index (χ0) is 22.7. The van der Waals surface area contributed by atoms with E-state index in [0.29, 0.717) is 26.2 Å². The van der Waals surface area contributed by atoms with Gasteiger partial charge in [0.25, 0.3) is 0 Å². The van der Waals surface area contributed by atoms with Crippen molar-refractivity contribution in [2.45, 2.75) is 58.5 Å². The molecule has 7 nitrogen and oxygen atoms in total. The average molecular weight is 438 g/mol. The number of hydrogen-bond acceptors (Lipinski definition) is 5. The Morgan fingerprint density at radius 1 is 1.00 bits per heavy atom. The van der Waals surface area contributed by atoms with Crippen LogP contribution in [0.15, 0.2) is 48.5 Å². The third-order valence-electron chi connectivity index (χ3n) is 5.65. The van der Waals surface area contributed by atoms with Gasteiger partial charge < -0.3 is 19.7 Å². The van der Waals surface area contributed by atoms with Gasteiger partial charge in [0.2, 0.25) is 0 Å². The maximum atomic E-state index is 12.6. The Kier molecular flexibility index (Phi) is 6.26. The van der Waals surface area contributed by atoms with Crippen molar-refractivity contribution in [3.05, 3.63) is 65.2 Å². The molecule has 32 heavy (non-hydrogen) atoms. The summed E-state index contributed by atoms with van der Waals surface area (Å²) in [6, 6.07) is 15.9. The molecule has 7 heteroatoms. The smallest absolute Gasteiger partial charge is 0.410 e. The van der Waals surface area contributed by atoms with Gasteiger partial charge in [0.1, 0.15) is 12.2 Å². The van der Waals surface area contributed by atoms with E-state index in [0.717, 1.165) is 28.8 Å². The number of ether oxygens (including phenoxy) is 2. The molecule has 4 rings (SSSR count). The molecule has 2 aliphatic rings. The number of fused-ring (bicyclic) bond motifs is 1. The van der Waals surface area contributed by atoms with Crippen LogP contribution in [-0.2, 0) is 29.2 Å². The molecule has 1 atom stereocenters.